The highest BCUT2D eigenvalue weighted by Crippen LogP contribution is 2.19. The molecule has 8 heteroatoms. The fraction of sp³-hybridized carbons (Fsp3) is 0.500. The first-order valence-electron chi connectivity index (χ1n) is 7.65. The van der Waals surface area contributed by atoms with Crippen LogP contribution in [0.15, 0.2) is 27.7 Å². The normalized spacial score (nSPS) is 10.8. The number of hydrogen-bond acceptors (Lipinski definition) is 3. The zero-order valence-corrected chi connectivity index (χ0v) is 18.2. The molecule has 136 valence electrons. The topological polar surface area (TPSA) is 74.8 Å². The summed E-state index contributed by atoms with van der Waals surface area (Å²) in [7, 11) is 1.70. The molecule has 0 aromatic heterocycles. The third-order valence-electron chi connectivity index (χ3n) is 3.07. The molecule has 0 unspecified atom stereocenters. The monoisotopic (exact) mass is 512 g/mol. The van der Waals surface area contributed by atoms with Gasteiger partial charge >= 0.3 is 0 Å². The van der Waals surface area contributed by atoms with Gasteiger partial charge in [-0.15, -0.1) is 24.0 Å². The highest BCUT2D eigenvalue weighted by atomic mass is 127. The Bertz CT molecular complexity index is 541. The lowest BCUT2D eigenvalue weighted by atomic mass is 10.2. The van der Waals surface area contributed by atoms with E-state index in [0.717, 1.165) is 15.7 Å². The van der Waals surface area contributed by atoms with Crippen molar-refractivity contribution in [3.05, 3.63) is 28.2 Å². The molecule has 1 rings (SSSR count). The number of ether oxygens (including phenoxy) is 1. The first-order valence-corrected chi connectivity index (χ1v) is 8.44. The van der Waals surface area contributed by atoms with Gasteiger partial charge in [0.2, 0.25) is 5.91 Å². The van der Waals surface area contributed by atoms with Gasteiger partial charge in [-0.1, -0.05) is 15.9 Å². The van der Waals surface area contributed by atoms with E-state index in [-0.39, 0.29) is 29.9 Å². The molecule has 3 N–H and O–H groups in total. The number of carbonyl (C=O) groups excluding carboxylic acids is 1. The van der Waals surface area contributed by atoms with Crippen molar-refractivity contribution in [2.24, 2.45) is 4.99 Å². The first kappa shape index (κ1) is 23.1. The number of hydrogen-bond donors (Lipinski definition) is 3. The lowest BCUT2D eigenvalue weighted by Crippen LogP contribution is -2.40. The van der Waals surface area contributed by atoms with E-state index in [1.807, 2.05) is 32.0 Å². The molecule has 0 atom stereocenters. The maximum absolute atomic E-state index is 12.0. The van der Waals surface area contributed by atoms with Crippen molar-refractivity contribution in [1.29, 1.82) is 0 Å². The molecule has 0 spiro atoms. The molecule has 1 aromatic carbocycles. The number of carbonyl (C=O) groups is 1. The average molecular weight is 513 g/mol. The Kier molecular flexibility index (Phi) is 12.9. The molecular formula is C16H26BrIN4O2. The van der Waals surface area contributed by atoms with E-state index in [9.17, 15) is 4.79 Å². The molecule has 1 amide bonds. The summed E-state index contributed by atoms with van der Waals surface area (Å²) in [6.07, 6.45) is 0.363. The number of aliphatic imine (C=N–C) groups is 1. The molecule has 0 heterocycles. The van der Waals surface area contributed by atoms with E-state index in [1.165, 1.54) is 0 Å². The van der Waals surface area contributed by atoms with E-state index >= 15 is 0 Å². The van der Waals surface area contributed by atoms with E-state index in [0.29, 0.717) is 38.7 Å². The molecule has 0 aliphatic rings. The van der Waals surface area contributed by atoms with Crippen molar-refractivity contribution in [3.8, 4) is 0 Å². The van der Waals surface area contributed by atoms with Crippen LogP contribution in [0.5, 0.6) is 0 Å². The summed E-state index contributed by atoms with van der Waals surface area (Å²) in [5.74, 6) is 0.630. The second-order valence-corrected chi connectivity index (χ2v) is 5.80. The van der Waals surface area contributed by atoms with Gasteiger partial charge in [0.25, 0.3) is 0 Å². The number of nitrogens with zero attached hydrogens (tertiary/aromatic N) is 1. The molecule has 0 fully saturated rings. The molecule has 0 aliphatic heterocycles. The van der Waals surface area contributed by atoms with Crippen LogP contribution in [-0.2, 0) is 9.53 Å². The standard InChI is InChI=1S/C16H25BrN4O2.HI/c1-4-23-10-9-20-16(18-3)19-8-7-15(22)21-14-6-5-13(17)11-12(14)2;/h5-6,11H,4,7-10H2,1-3H3,(H,21,22)(H2,18,19,20);1H. The molecule has 1 aromatic rings. The van der Waals surface area contributed by atoms with Gasteiger partial charge in [-0.2, -0.15) is 0 Å². The number of rotatable bonds is 8. The number of benzene rings is 1. The van der Waals surface area contributed by atoms with Gasteiger partial charge < -0.3 is 20.7 Å². The van der Waals surface area contributed by atoms with Crippen molar-refractivity contribution >= 4 is 57.5 Å². The maximum Gasteiger partial charge on any atom is 0.226 e. The Morgan fingerprint density at radius 1 is 1.29 bits per heavy atom. The van der Waals surface area contributed by atoms with Crippen LogP contribution < -0.4 is 16.0 Å². The van der Waals surface area contributed by atoms with Gasteiger partial charge in [0.15, 0.2) is 5.96 Å². The number of guanidine groups is 1. The van der Waals surface area contributed by atoms with Crippen LogP contribution in [0.1, 0.15) is 18.9 Å². The number of aryl methyl sites for hydroxylation is 1. The Hall–Kier alpha value is -0.870. The van der Waals surface area contributed by atoms with Crippen molar-refractivity contribution in [3.63, 3.8) is 0 Å². The van der Waals surface area contributed by atoms with Crippen LogP contribution in [0.25, 0.3) is 0 Å². The van der Waals surface area contributed by atoms with Gasteiger partial charge in [-0.25, -0.2) is 0 Å². The second-order valence-electron chi connectivity index (χ2n) is 4.88. The molecule has 0 radical (unpaired) electrons. The minimum absolute atomic E-state index is 0. The second kappa shape index (κ2) is 13.4. The van der Waals surface area contributed by atoms with Gasteiger partial charge in [-0.3, -0.25) is 9.79 Å². The lowest BCUT2D eigenvalue weighted by molar-refractivity contribution is -0.116. The van der Waals surface area contributed by atoms with Crippen LogP contribution in [0, 0.1) is 6.92 Å². The van der Waals surface area contributed by atoms with Crippen molar-refractivity contribution in [1.82, 2.24) is 10.6 Å². The third-order valence-corrected chi connectivity index (χ3v) is 3.57. The molecule has 24 heavy (non-hydrogen) atoms. The SMILES string of the molecule is CCOCCNC(=NC)NCCC(=O)Nc1ccc(Br)cc1C.I. The van der Waals surface area contributed by atoms with Crippen LogP contribution in [0.3, 0.4) is 0 Å². The van der Waals surface area contributed by atoms with Crippen LogP contribution in [-0.4, -0.2) is 45.2 Å². The number of amides is 1. The van der Waals surface area contributed by atoms with Crippen LogP contribution >= 0.6 is 39.9 Å². The Morgan fingerprint density at radius 2 is 2.00 bits per heavy atom. The largest absolute Gasteiger partial charge is 0.380 e. The van der Waals surface area contributed by atoms with Crippen molar-refractivity contribution < 1.29 is 9.53 Å². The Balaban J connectivity index is 0.00000529. The zero-order chi connectivity index (χ0) is 17.1. The Labute approximate surface area is 169 Å². The number of halogens is 2. The highest BCUT2D eigenvalue weighted by Gasteiger charge is 2.05. The molecule has 0 saturated heterocycles. The van der Waals surface area contributed by atoms with Crippen LogP contribution in [0.4, 0.5) is 5.69 Å². The molecule has 6 nitrogen and oxygen atoms in total. The predicted molar refractivity (Wildman–Crippen MR) is 113 cm³/mol. The maximum atomic E-state index is 12.0. The summed E-state index contributed by atoms with van der Waals surface area (Å²) in [6.45, 7) is 6.43. The summed E-state index contributed by atoms with van der Waals surface area (Å²) >= 11 is 3.41. The van der Waals surface area contributed by atoms with Gasteiger partial charge in [-0.05, 0) is 37.6 Å². The van der Waals surface area contributed by atoms with E-state index < -0.39 is 0 Å². The summed E-state index contributed by atoms with van der Waals surface area (Å²) in [5, 5.41) is 9.13. The summed E-state index contributed by atoms with van der Waals surface area (Å²) in [5.41, 5.74) is 1.85. The molecule has 0 saturated carbocycles. The van der Waals surface area contributed by atoms with Crippen molar-refractivity contribution in [2.45, 2.75) is 20.3 Å². The van der Waals surface area contributed by atoms with E-state index in [2.05, 4.69) is 36.9 Å². The average Bonchev–Trinajstić information content (AvgIpc) is 2.52. The third kappa shape index (κ3) is 9.43. The quantitative estimate of drug-likeness (QED) is 0.217. The molecule has 0 bridgehead atoms. The van der Waals surface area contributed by atoms with Crippen molar-refractivity contribution in [2.75, 3.05) is 38.7 Å². The fourth-order valence-electron chi connectivity index (χ4n) is 1.88. The van der Waals surface area contributed by atoms with Gasteiger partial charge in [0.1, 0.15) is 0 Å². The van der Waals surface area contributed by atoms with E-state index in [1.54, 1.807) is 7.05 Å². The summed E-state index contributed by atoms with van der Waals surface area (Å²) < 4.78 is 6.24. The smallest absolute Gasteiger partial charge is 0.226 e. The lowest BCUT2D eigenvalue weighted by Gasteiger charge is -2.12. The summed E-state index contributed by atoms with van der Waals surface area (Å²) in [6, 6.07) is 5.77. The van der Waals surface area contributed by atoms with E-state index in [4.69, 9.17) is 4.74 Å². The Morgan fingerprint density at radius 3 is 2.62 bits per heavy atom. The molecular weight excluding hydrogens is 487 g/mol. The van der Waals surface area contributed by atoms with Crippen LogP contribution in [0.2, 0.25) is 0 Å². The fourth-order valence-corrected chi connectivity index (χ4v) is 2.36. The minimum Gasteiger partial charge on any atom is -0.380 e. The first-order chi connectivity index (χ1) is 11.1. The molecule has 0 aliphatic carbocycles. The minimum atomic E-state index is -0.0345. The van der Waals surface area contributed by atoms with Gasteiger partial charge in [0.05, 0.1) is 6.61 Å². The number of anilines is 1. The highest BCUT2D eigenvalue weighted by molar-refractivity contribution is 14.0. The van der Waals surface area contributed by atoms with Gasteiger partial charge in [0, 0.05) is 43.3 Å². The number of nitrogens with one attached hydrogen (secondary N) is 3. The summed E-state index contributed by atoms with van der Waals surface area (Å²) in [4.78, 5) is 16.1. The zero-order valence-electron chi connectivity index (χ0n) is 14.3. The predicted octanol–water partition coefficient (Wildman–Crippen LogP) is 2.91.